The first kappa shape index (κ1) is 14.8. The number of nitrogens with one attached hydrogen (secondary N) is 2. The average molecular weight is 317 g/mol. The standard InChI is InChI=1S/C12H13ClN2O4S/c13-8-1-3-9(4-2-8)14-11(16)12(17)15-10-5-6-20(18,19)7-10/h1-4,10H,5-7H2,(H,14,16)(H,15,17). The first-order valence-electron chi connectivity index (χ1n) is 5.93. The van der Waals surface area contributed by atoms with E-state index in [1.54, 1.807) is 24.3 Å². The second-order valence-corrected chi connectivity index (χ2v) is 7.20. The van der Waals surface area contributed by atoms with E-state index >= 15 is 0 Å². The molecule has 1 aromatic carbocycles. The second kappa shape index (κ2) is 5.80. The lowest BCUT2D eigenvalue weighted by Crippen LogP contribution is -2.42. The number of rotatable bonds is 2. The molecule has 0 bridgehead atoms. The van der Waals surface area contributed by atoms with Crippen LogP contribution in [0.2, 0.25) is 5.02 Å². The summed E-state index contributed by atoms with van der Waals surface area (Å²) in [6.07, 6.45) is 0.336. The molecule has 6 nitrogen and oxygen atoms in total. The first-order chi connectivity index (χ1) is 9.35. The maximum Gasteiger partial charge on any atom is 0.313 e. The minimum absolute atomic E-state index is 0.0384. The Kier molecular flexibility index (Phi) is 4.29. The zero-order valence-corrected chi connectivity index (χ0v) is 12.0. The van der Waals surface area contributed by atoms with Gasteiger partial charge < -0.3 is 10.6 Å². The third-order valence-corrected chi connectivity index (χ3v) is 4.90. The van der Waals surface area contributed by atoms with E-state index in [1.165, 1.54) is 0 Å². The van der Waals surface area contributed by atoms with Crippen molar-refractivity contribution in [1.29, 1.82) is 0 Å². The summed E-state index contributed by atoms with van der Waals surface area (Å²) in [6, 6.07) is 5.79. The third-order valence-electron chi connectivity index (χ3n) is 2.88. The molecule has 2 rings (SSSR count). The lowest BCUT2D eigenvalue weighted by molar-refractivity contribution is -0.136. The zero-order valence-electron chi connectivity index (χ0n) is 10.4. The van der Waals surface area contributed by atoms with Gasteiger partial charge in [0.15, 0.2) is 9.84 Å². The molecular formula is C12H13ClN2O4S. The summed E-state index contributed by atoms with van der Waals surface area (Å²) in [5.74, 6) is -1.76. The molecule has 1 aliphatic rings. The van der Waals surface area contributed by atoms with Gasteiger partial charge in [-0.05, 0) is 30.7 Å². The number of hydrogen-bond donors (Lipinski definition) is 2. The van der Waals surface area contributed by atoms with Crippen molar-refractivity contribution >= 4 is 38.9 Å². The first-order valence-corrected chi connectivity index (χ1v) is 8.13. The predicted octanol–water partition coefficient (Wildman–Crippen LogP) is 0.582. The maximum absolute atomic E-state index is 11.6. The van der Waals surface area contributed by atoms with E-state index in [1.807, 2.05) is 0 Å². The minimum atomic E-state index is -3.09. The molecule has 2 N–H and O–H groups in total. The van der Waals surface area contributed by atoms with Crippen LogP contribution in [0.5, 0.6) is 0 Å². The number of anilines is 1. The molecule has 8 heteroatoms. The van der Waals surface area contributed by atoms with E-state index in [4.69, 9.17) is 11.6 Å². The van der Waals surface area contributed by atoms with Gasteiger partial charge in [-0.1, -0.05) is 11.6 Å². The van der Waals surface area contributed by atoms with Crippen molar-refractivity contribution in [3.63, 3.8) is 0 Å². The van der Waals surface area contributed by atoms with Crippen LogP contribution in [0.3, 0.4) is 0 Å². The summed E-state index contributed by atoms with van der Waals surface area (Å²) >= 11 is 5.70. The Morgan fingerprint density at radius 1 is 1.15 bits per heavy atom. The van der Waals surface area contributed by atoms with E-state index < -0.39 is 27.7 Å². The molecule has 1 aliphatic heterocycles. The Hall–Kier alpha value is -1.60. The van der Waals surface area contributed by atoms with Gasteiger partial charge in [0.05, 0.1) is 11.5 Å². The summed E-state index contributed by atoms with van der Waals surface area (Å²) in [4.78, 5) is 23.3. The van der Waals surface area contributed by atoms with Crippen molar-refractivity contribution in [2.24, 2.45) is 0 Å². The molecule has 1 unspecified atom stereocenters. The Labute approximate surface area is 121 Å². The highest BCUT2D eigenvalue weighted by Crippen LogP contribution is 2.14. The molecule has 2 amide bonds. The molecule has 1 atom stereocenters. The van der Waals surface area contributed by atoms with Crippen LogP contribution in [0.4, 0.5) is 5.69 Å². The number of hydrogen-bond acceptors (Lipinski definition) is 4. The molecule has 1 aromatic rings. The number of benzene rings is 1. The summed E-state index contributed by atoms with van der Waals surface area (Å²) in [5, 5.41) is 5.33. The quantitative estimate of drug-likeness (QED) is 0.781. The fourth-order valence-electron chi connectivity index (χ4n) is 1.88. The fraction of sp³-hybridized carbons (Fsp3) is 0.333. The van der Waals surface area contributed by atoms with Crippen LogP contribution in [0.25, 0.3) is 0 Å². The monoisotopic (exact) mass is 316 g/mol. The van der Waals surface area contributed by atoms with Gasteiger partial charge in [0.25, 0.3) is 0 Å². The van der Waals surface area contributed by atoms with Gasteiger partial charge in [-0.2, -0.15) is 0 Å². The largest absolute Gasteiger partial charge is 0.344 e. The number of halogens is 1. The van der Waals surface area contributed by atoms with E-state index in [0.29, 0.717) is 17.1 Å². The number of carbonyl (C=O) groups is 2. The number of sulfone groups is 1. The van der Waals surface area contributed by atoms with E-state index in [9.17, 15) is 18.0 Å². The van der Waals surface area contributed by atoms with Crippen LogP contribution in [0, 0.1) is 0 Å². The van der Waals surface area contributed by atoms with Crippen molar-refractivity contribution in [2.75, 3.05) is 16.8 Å². The van der Waals surface area contributed by atoms with Crippen molar-refractivity contribution in [1.82, 2.24) is 5.32 Å². The van der Waals surface area contributed by atoms with Crippen LogP contribution >= 0.6 is 11.6 Å². The third kappa shape index (κ3) is 3.94. The summed E-state index contributed by atoms with van der Waals surface area (Å²) in [5.41, 5.74) is 0.439. The second-order valence-electron chi connectivity index (χ2n) is 4.53. The molecule has 0 saturated carbocycles. The van der Waals surface area contributed by atoms with Gasteiger partial charge >= 0.3 is 11.8 Å². The molecule has 0 spiro atoms. The number of amides is 2. The highest BCUT2D eigenvalue weighted by atomic mass is 35.5. The molecule has 1 saturated heterocycles. The summed E-state index contributed by atoms with van der Waals surface area (Å²) in [7, 11) is -3.09. The molecular weight excluding hydrogens is 304 g/mol. The topological polar surface area (TPSA) is 92.3 Å². The van der Waals surface area contributed by atoms with Crippen molar-refractivity contribution in [3.05, 3.63) is 29.3 Å². The van der Waals surface area contributed by atoms with E-state index in [0.717, 1.165) is 0 Å². The van der Waals surface area contributed by atoms with Crippen LogP contribution in [0.15, 0.2) is 24.3 Å². The Morgan fingerprint density at radius 3 is 2.35 bits per heavy atom. The SMILES string of the molecule is O=C(Nc1ccc(Cl)cc1)C(=O)NC1CCS(=O)(=O)C1. The van der Waals surface area contributed by atoms with Gasteiger partial charge in [0, 0.05) is 16.8 Å². The number of carbonyl (C=O) groups excluding carboxylic acids is 2. The van der Waals surface area contributed by atoms with Gasteiger partial charge in [-0.3, -0.25) is 9.59 Å². The fourth-order valence-corrected chi connectivity index (χ4v) is 3.68. The molecule has 0 aromatic heterocycles. The van der Waals surface area contributed by atoms with Crippen molar-refractivity contribution in [3.8, 4) is 0 Å². The minimum Gasteiger partial charge on any atom is -0.344 e. The van der Waals surface area contributed by atoms with Crippen LogP contribution in [0.1, 0.15) is 6.42 Å². The smallest absolute Gasteiger partial charge is 0.313 e. The van der Waals surface area contributed by atoms with Gasteiger partial charge in [-0.25, -0.2) is 8.42 Å². The lowest BCUT2D eigenvalue weighted by atomic mass is 10.2. The van der Waals surface area contributed by atoms with E-state index in [2.05, 4.69) is 10.6 Å². The van der Waals surface area contributed by atoms with Crippen LogP contribution < -0.4 is 10.6 Å². The molecule has 1 heterocycles. The highest BCUT2D eigenvalue weighted by Gasteiger charge is 2.30. The maximum atomic E-state index is 11.6. The summed E-state index contributed by atoms with van der Waals surface area (Å²) < 4.78 is 22.5. The predicted molar refractivity (Wildman–Crippen MR) is 75.3 cm³/mol. The van der Waals surface area contributed by atoms with Crippen molar-refractivity contribution < 1.29 is 18.0 Å². The molecule has 1 fully saturated rings. The molecule has 0 radical (unpaired) electrons. The van der Waals surface area contributed by atoms with E-state index in [-0.39, 0.29) is 11.5 Å². The Bertz CT molecular complexity index is 627. The van der Waals surface area contributed by atoms with Crippen LogP contribution in [-0.2, 0) is 19.4 Å². The van der Waals surface area contributed by atoms with Gasteiger partial charge in [0.2, 0.25) is 0 Å². The van der Waals surface area contributed by atoms with Crippen LogP contribution in [-0.4, -0.2) is 37.8 Å². The van der Waals surface area contributed by atoms with Gasteiger partial charge in [0.1, 0.15) is 0 Å². The highest BCUT2D eigenvalue weighted by molar-refractivity contribution is 7.91. The Morgan fingerprint density at radius 2 is 1.80 bits per heavy atom. The molecule has 20 heavy (non-hydrogen) atoms. The van der Waals surface area contributed by atoms with Gasteiger partial charge in [-0.15, -0.1) is 0 Å². The normalized spacial score (nSPS) is 20.4. The Balaban J connectivity index is 1.89. The van der Waals surface area contributed by atoms with Crippen molar-refractivity contribution in [2.45, 2.75) is 12.5 Å². The molecule has 108 valence electrons. The lowest BCUT2D eigenvalue weighted by Gasteiger charge is -2.10. The zero-order chi connectivity index (χ0) is 14.8. The molecule has 0 aliphatic carbocycles. The summed E-state index contributed by atoms with van der Waals surface area (Å²) in [6.45, 7) is 0. The average Bonchev–Trinajstić information content (AvgIpc) is 2.71.